The zero-order valence-electron chi connectivity index (χ0n) is 12.9. The van der Waals surface area contributed by atoms with Gasteiger partial charge in [-0.05, 0) is 36.2 Å². The summed E-state index contributed by atoms with van der Waals surface area (Å²) >= 11 is 0. The van der Waals surface area contributed by atoms with Crippen molar-refractivity contribution >= 4 is 17.3 Å². The second-order valence-corrected chi connectivity index (χ2v) is 5.69. The van der Waals surface area contributed by atoms with E-state index in [0.29, 0.717) is 5.56 Å². The highest BCUT2D eigenvalue weighted by atomic mass is 16.5. The number of anilines is 1. The number of carbonyl (C=O) groups excluding carboxylic acids is 1. The quantitative estimate of drug-likeness (QED) is 0.698. The Labute approximate surface area is 134 Å². The molecule has 0 radical (unpaired) electrons. The van der Waals surface area contributed by atoms with Gasteiger partial charge in [-0.3, -0.25) is 0 Å². The van der Waals surface area contributed by atoms with Crippen LogP contribution in [0, 0.1) is 0 Å². The Balaban J connectivity index is 1.67. The third kappa shape index (κ3) is 2.34. The molecule has 0 saturated carbocycles. The van der Waals surface area contributed by atoms with Gasteiger partial charge in [0.25, 0.3) is 0 Å². The molecule has 0 amide bonds. The number of hydrogen-bond donors (Lipinski definition) is 0. The molecule has 0 N–H and O–H groups in total. The van der Waals surface area contributed by atoms with E-state index >= 15 is 0 Å². The molecule has 1 aromatic carbocycles. The average molecular weight is 307 g/mol. The molecular weight excluding hydrogens is 290 g/mol. The van der Waals surface area contributed by atoms with Gasteiger partial charge in [0.15, 0.2) is 0 Å². The van der Waals surface area contributed by atoms with Gasteiger partial charge < -0.3 is 14.0 Å². The van der Waals surface area contributed by atoms with E-state index in [1.165, 1.54) is 12.7 Å². The molecule has 0 bridgehead atoms. The number of pyridine rings is 1. The van der Waals surface area contributed by atoms with Gasteiger partial charge in [0.2, 0.25) is 0 Å². The van der Waals surface area contributed by atoms with E-state index in [1.807, 2.05) is 48.8 Å². The molecule has 0 fully saturated rings. The third-order valence-corrected chi connectivity index (χ3v) is 4.34. The lowest BCUT2D eigenvalue weighted by molar-refractivity contribution is 0.0601. The van der Waals surface area contributed by atoms with E-state index in [4.69, 9.17) is 4.74 Å². The number of imidazole rings is 1. The van der Waals surface area contributed by atoms with E-state index in [9.17, 15) is 4.79 Å². The van der Waals surface area contributed by atoms with Crippen molar-refractivity contribution in [2.75, 3.05) is 18.6 Å². The minimum absolute atomic E-state index is 0.297. The molecule has 0 aliphatic carbocycles. The van der Waals surface area contributed by atoms with Gasteiger partial charge in [0, 0.05) is 18.4 Å². The first kappa shape index (κ1) is 13.8. The van der Waals surface area contributed by atoms with Crippen LogP contribution in [0.2, 0.25) is 0 Å². The SMILES string of the molecule is COC(=O)c1ccc2c(c1)N(Cc1cnc3ccccn13)CC2. The number of nitrogens with zero attached hydrogens (tertiary/aromatic N) is 3. The van der Waals surface area contributed by atoms with Crippen LogP contribution < -0.4 is 4.90 Å². The van der Waals surface area contributed by atoms with E-state index in [1.54, 1.807) is 0 Å². The Kier molecular flexibility index (Phi) is 3.26. The van der Waals surface area contributed by atoms with Crippen LogP contribution in [0.25, 0.3) is 5.65 Å². The summed E-state index contributed by atoms with van der Waals surface area (Å²) in [6.45, 7) is 1.71. The van der Waals surface area contributed by atoms with Crippen molar-refractivity contribution in [2.45, 2.75) is 13.0 Å². The molecule has 0 saturated heterocycles. The Bertz CT molecular complexity index is 885. The van der Waals surface area contributed by atoms with Crippen molar-refractivity contribution in [3.8, 4) is 0 Å². The van der Waals surface area contributed by atoms with Crippen molar-refractivity contribution in [3.63, 3.8) is 0 Å². The number of benzene rings is 1. The molecule has 3 heterocycles. The van der Waals surface area contributed by atoms with Crippen LogP contribution in [0.3, 0.4) is 0 Å². The van der Waals surface area contributed by atoms with Crippen LogP contribution in [0.5, 0.6) is 0 Å². The van der Waals surface area contributed by atoms with Gasteiger partial charge in [-0.25, -0.2) is 9.78 Å². The van der Waals surface area contributed by atoms with E-state index in [2.05, 4.69) is 14.3 Å². The van der Waals surface area contributed by atoms with E-state index in [-0.39, 0.29) is 5.97 Å². The number of aromatic nitrogens is 2. The van der Waals surface area contributed by atoms with Crippen LogP contribution in [-0.2, 0) is 17.7 Å². The summed E-state index contributed by atoms with van der Waals surface area (Å²) in [5.41, 5.74) is 5.06. The number of ether oxygens (including phenoxy) is 1. The molecule has 0 atom stereocenters. The fraction of sp³-hybridized carbons (Fsp3) is 0.222. The number of esters is 1. The summed E-state index contributed by atoms with van der Waals surface area (Å²) in [4.78, 5) is 18.5. The molecule has 0 unspecified atom stereocenters. The molecule has 1 aliphatic rings. The summed E-state index contributed by atoms with van der Waals surface area (Å²) in [7, 11) is 1.41. The highest BCUT2D eigenvalue weighted by Gasteiger charge is 2.22. The van der Waals surface area contributed by atoms with Gasteiger partial charge >= 0.3 is 5.97 Å². The third-order valence-electron chi connectivity index (χ3n) is 4.34. The van der Waals surface area contributed by atoms with Crippen molar-refractivity contribution in [1.82, 2.24) is 9.38 Å². The molecule has 1 aliphatic heterocycles. The Hall–Kier alpha value is -2.82. The number of hydrogen-bond acceptors (Lipinski definition) is 4. The van der Waals surface area contributed by atoms with Crippen LogP contribution in [0.4, 0.5) is 5.69 Å². The fourth-order valence-corrected chi connectivity index (χ4v) is 3.15. The normalized spacial score (nSPS) is 13.3. The first-order valence-corrected chi connectivity index (χ1v) is 7.63. The molecule has 0 spiro atoms. The van der Waals surface area contributed by atoms with E-state index < -0.39 is 0 Å². The van der Waals surface area contributed by atoms with Crippen molar-refractivity contribution in [2.24, 2.45) is 0 Å². The Morgan fingerprint density at radius 1 is 1.30 bits per heavy atom. The second-order valence-electron chi connectivity index (χ2n) is 5.69. The number of rotatable bonds is 3. The first-order chi connectivity index (χ1) is 11.3. The maximum Gasteiger partial charge on any atom is 0.337 e. The Morgan fingerprint density at radius 2 is 2.22 bits per heavy atom. The van der Waals surface area contributed by atoms with Crippen molar-refractivity contribution in [1.29, 1.82) is 0 Å². The minimum atomic E-state index is -0.297. The molecule has 116 valence electrons. The monoisotopic (exact) mass is 307 g/mol. The van der Waals surface area contributed by atoms with Gasteiger partial charge in [-0.1, -0.05) is 12.1 Å². The lowest BCUT2D eigenvalue weighted by atomic mass is 10.1. The lowest BCUT2D eigenvalue weighted by Gasteiger charge is -2.19. The van der Waals surface area contributed by atoms with Gasteiger partial charge in [-0.15, -0.1) is 0 Å². The second kappa shape index (κ2) is 5.43. The zero-order valence-corrected chi connectivity index (χ0v) is 12.9. The summed E-state index contributed by atoms with van der Waals surface area (Å²) in [5.74, 6) is -0.297. The predicted molar refractivity (Wildman–Crippen MR) is 87.7 cm³/mol. The standard InChI is InChI=1S/C18H17N3O2/c1-23-18(22)14-6-5-13-7-9-20(16(13)10-14)12-15-11-19-17-4-2-3-8-21(15)17/h2-6,8,10-11H,7,9,12H2,1H3. The van der Waals surface area contributed by atoms with Crippen LogP contribution in [0.1, 0.15) is 21.6 Å². The highest BCUT2D eigenvalue weighted by Crippen LogP contribution is 2.30. The molecule has 2 aromatic heterocycles. The molecular formula is C18H17N3O2. The number of carbonyl (C=O) groups is 1. The number of fused-ring (bicyclic) bond motifs is 2. The molecule has 5 nitrogen and oxygen atoms in total. The molecule has 3 aromatic rings. The van der Waals surface area contributed by atoms with E-state index in [0.717, 1.165) is 36.5 Å². The van der Waals surface area contributed by atoms with Crippen LogP contribution >= 0.6 is 0 Å². The predicted octanol–water partition coefficient (Wildman–Crippen LogP) is 2.68. The maximum absolute atomic E-state index is 11.8. The first-order valence-electron chi connectivity index (χ1n) is 7.63. The number of methoxy groups -OCH3 is 1. The summed E-state index contributed by atoms with van der Waals surface area (Å²) in [5, 5.41) is 0. The van der Waals surface area contributed by atoms with Crippen molar-refractivity contribution in [3.05, 3.63) is 65.6 Å². The minimum Gasteiger partial charge on any atom is -0.465 e. The van der Waals surface area contributed by atoms with Gasteiger partial charge in [-0.2, -0.15) is 0 Å². The van der Waals surface area contributed by atoms with Crippen LogP contribution in [-0.4, -0.2) is 29.0 Å². The van der Waals surface area contributed by atoms with Crippen molar-refractivity contribution < 1.29 is 9.53 Å². The molecule has 23 heavy (non-hydrogen) atoms. The van der Waals surface area contributed by atoms with Crippen LogP contribution in [0.15, 0.2) is 48.8 Å². The average Bonchev–Trinajstić information content (AvgIpc) is 3.19. The molecule has 4 rings (SSSR count). The smallest absolute Gasteiger partial charge is 0.337 e. The zero-order chi connectivity index (χ0) is 15.8. The largest absolute Gasteiger partial charge is 0.465 e. The molecule has 5 heteroatoms. The summed E-state index contributed by atoms with van der Waals surface area (Å²) < 4.78 is 6.92. The summed E-state index contributed by atoms with van der Waals surface area (Å²) in [6, 6.07) is 11.8. The highest BCUT2D eigenvalue weighted by molar-refractivity contribution is 5.91. The lowest BCUT2D eigenvalue weighted by Crippen LogP contribution is -2.20. The summed E-state index contributed by atoms with van der Waals surface area (Å²) in [6.07, 6.45) is 4.94. The maximum atomic E-state index is 11.8. The topological polar surface area (TPSA) is 46.8 Å². The van der Waals surface area contributed by atoms with Gasteiger partial charge in [0.1, 0.15) is 5.65 Å². The Morgan fingerprint density at radius 3 is 3.09 bits per heavy atom. The fourth-order valence-electron chi connectivity index (χ4n) is 3.15. The van der Waals surface area contributed by atoms with Gasteiger partial charge in [0.05, 0.1) is 31.1 Å².